The molecule has 0 aromatic carbocycles. The highest BCUT2D eigenvalue weighted by molar-refractivity contribution is 5.69. The van der Waals surface area contributed by atoms with Gasteiger partial charge in [-0.1, -0.05) is 0 Å². The highest BCUT2D eigenvalue weighted by Gasteiger charge is 2.15. The Balaban J connectivity index is 3.39. The first-order valence-electron chi connectivity index (χ1n) is 7.26. The van der Waals surface area contributed by atoms with Crippen molar-refractivity contribution in [1.29, 1.82) is 0 Å². The van der Waals surface area contributed by atoms with E-state index in [2.05, 4.69) is 10.5 Å². The molecular formula is C15H30N2O4. The van der Waals surface area contributed by atoms with Crippen molar-refractivity contribution in [2.45, 2.75) is 59.1 Å². The number of hydrogen-bond acceptors (Lipinski definition) is 6. The smallest absolute Gasteiger partial charge is 0.308 e. The summed E-state index contributed by atoms with van der Waals surface area (Å²) in [5, 5.41) is 4.03. The molecule has 0 aliphatic carbocycles. The van der Waals surface area contributed by atoms with Crippen molar-refractivity contribution in [3.8, 4) is 0 Å². The summed E-state index contributed by atoms with van der Waals surface area (Å²) in [4.78, 5) is 11.4. The lowest BCUT2D eigenvalue weighted by Crippen LogP contribution is -2.31. The molecule has 21 heavy (non-hydrogen) atoms. The number of nitrogens with zero attached hydrogens (tertiary/aromatic N) is 1. The lowest BCUT2D eigenvalue weighted by Gasteiger charge is -2.19. The van der Waals surface area contributed by atoms with Gasteiger partial charge in [0, 0.05) is 5.54 Å². The molecule has 0 radical (unpaired) electrons. The van der Waals surface area contributed by atoms with Gasteiger partial charge in [0.2, 0.25) is 0 Å². The Labute approximate surface area is 128 Å². The SMILES string of the molecule is CC(C)(C)NN=CCOCCOCCC(=O)OC(C)(C)C. The van der Waals surface area contributed by atoms with E-state index in [0.717, 1.165) is 0 Å². The fourth-order valence-corrected chi connectivity index (χ4v) is 1.18. The Bertz CT molecular complexity index is 317. The first-order valence-corrected chi connectivity index (χ1v) is 7.26. The second-order valence-electron chi connectivity index (χ2n) is 6.70. The molecule has 0 unspecified atom stereocenters. The van der Waals surface area contributed by atoms with Crippen molar-refractivity contribution in [3.63, 3.8) is 0 Å². The molecule has 6 nitrogen and oxygen atoms in total. The zero-order valence-corrected chi connectivity index (χ0v) is 14.2. The standard InChI is InChI=1S/C15H30N2O4/c1-14(2,3)17-16-8-10-20-12-11-19-9-7-13(18)21-15(4,5)6/h8,17H,7,9-12H2,1-6H3. The Kier molecular flexibility index (Phi) is 9.21. The molecule has 0 aromatic heterocycles. The van der Waals surface area contributed by atoms with Crippen LogP contribution in [0, 0.1) is 0 Å². The molecule has 0 rings (SSSR count). The van der Waals surface area contributed by atoms with Crippen LogP contribution in [-0.2, 0) is 19.0 Å². The van der Waals surface area contributed by atoms with Gasteiger partial charge >= 0.3 is 5.97 Å². The van der Waals surface area contributed by atoms with E-state index in [1.54, 1.807) is 6.21 Å². The molecule has 6 heteroatoms. The van der Waals surface area contributed by atoms with Gasteiger partial charge in [-0.05, 0) is 41.5 Å². The number of rotatable bonds is 9. The second kappa shape index (κ2) is 9.73. The van der Waals surface area contributed by atoms with Crippen molar-refractivity contribution >= 4 is 12.2 Å². The molecule has 0 saturated heterocycles. The van der Waals surface area contributed by atoms with Crippen LogP contribution < -0.4 is 5.43 Å². The fraction of sp³-hybridized carbons (Fsp3) is 0.867. The maximum Gasteiger partial charge on any atom is 0.308 e. The van der Waals surface area contributed by atoms with Crippen molar-refractivity contribution < 1.29 is 19.0 Å². The predicted molar refractivity (Wildman–Crippen MR) is 83.5 cm³/mol. The Hall–Kier alpha value is -1.14. The predicted octanol–water partition coefficient (Wildman–Crippen LogP) is 2.13. The van der Waals surface area contributed by atoms with E-state index in [1.807, 2.05) is 41.5 Å². The second-order valence-corrected chi connectivity index (χ2v) is 6.70. The summed E-state index contributed by atoms with van der Waals surface area (Å²) in [6.45, 7) is 13.3. The Morgan fingerprint density at radius 1 is 1.05 bits per heavy atom. The van der Waals surface area contributed by atoms with Gasteiger partial charge in [0.1, 0.15) is 5.60 Å². The Morgan fingerprint density at radius 3 is 2.24 bits per heavy atom. The third-order valence-electron chi connectivity index (χ3n) is 1.93. The molecule has 0 saturated carbocycles. The first-order chi connectivity index (χ1) is 9.60. The molecule has 0 atom stereocenters. The first kappa shape index (κ1) is 19.9. The lowest BCUT2D eigenvalue weighted by molar-refractivity contribution is -0.156. The average molecular weight is 302 g/mol. The third-order valence-corrected chi connectivity index (χ3v) is 1.93. The minimum Gasteiger partial charge on any atom is -0.460 e. The number of hydrazone groups is 1. The molecule has 0 amide bonds. The van der Waals surface area contributed by atoms with Gasteiger partial charge in [0.25, 0.3) is 0 Å². The number of carbonyl (C=O) groups excluding carboxylic acids is 1. The van der Waals surface area contributed by atoms with Crippen LogP contribution in [0.2, 0.25) is 0 Å². The van der Waals surface area contributed by atoms with Crippen molar-refractivity contribution in [3.05, 3.63) is 0 Å². The minimum absolute atomic E-state index is 0.0404. The summed E-state index contributed by atoms with van der Waals surface area (Å²) < 4.78 is 15.8. The van der Waals surface area contributed by atoms with Crippen LogP contribution in [-0.4, -0.2) is 49.8 Å². The summed E-state index contributed by atoms with van der Waals surface area (Å²) in [5.41, 5.74) is 2.49. The zero-order valence-electron chi connectivity index (χ0n) is 14.2. The van der Waals surface area contributed by atoms with Crippen molar-refractivity contribution in [2.75, 3.05) is 26.4 Å². The van der Waals surface area contributed by atoms with Crippen LogP contribution in [0.5, 0.6) is 0 Å². The van der Waals surface area contributed by atoms with Gasteiger partial charge in [0.05, 0.1) is 39.1 Å². The maximum absolute atomic E-state index is 11.4. The third kappa shape index (κ3) is 16.8. The molecule has 124 valence electrons. The van der Waals surface area contributed by atoms with Crippen LogP contribution in [0.25, 0.3) is 0 Å². The molecule has 0 aliphatic heterocycles. The van der Waals surface area contributed by atoms with E-state index in [4.69, 9.17) is 14.2 Å². The molecule has 0 heterocycles. The van der Waals surface area contributed by atoms with E-state index in [-0.39, 0.29) is 17.9 Å². The number of hydrogen-bond donors (Lipinski definition) is 1. The number of ether oxygens (including phenoxy) is 3. The zero-order chi connectivity index (χ0) is 16.4. The highest BCUT2D eigenvalue weighted by atomic mass is 16.6. The van der Waals surface area contributed by atoms with Crippen molar-refractivity contribution in [2.24, 2.45) is 5.10 Å². The topological polar surface area (TPSA) is 69.2 Å². The summed E-state index contributed by atoms with van der Waals surface area (Å²) in [6, 6.07) is 0. The number of carbonyl (C=O) groups is 1. The van der Waals surface area contributed by atoms with E-state index in [0.29, 0.717) is 26.4 Å². The van der Waals surface area contributed by atoms with Crippen molar-refractivity contribution in [1.82, 2.24) is 5.43 Å². The van der Waals surface area contributed by atoms with Crippen LogP contribution in [0.4, 0.5) is 0 Å². The summed E-state index contributed by atoms with van der Waals surface area (Å²) >= 11 is 0. The molecule has 1 N–H and O–H groups in total. The van der Waals surface area contributed by atoms with Gasteiger partial charge in [0.15, 0.2) is 0 Å². The summed E-state index contributed by atoms with van der Waals surface area (Å²) in [7, 11) is 0. The monoisotopic (exact) mass is 302 g/mol. The van der Waals surface area contributed by atoms with Gasteiger partial charge in [-0.15, -0.1) is 0 Å². The molecule has 0 aromatic rings. The van der Waals surface area contributed by atoms with E-state index >= 15 is 0 Å². The number of esters is 1. The van der Waals surface area contributed by atoms with Crippen LogP contribution in [0.15, 0.2) is 5.10 Å². The molecule has 0 fully saturated rings. The van der Waals surface area contributed by atoms with E-state index < -0.39 is 5.60 Å². The largest absolute Gasteiger partial charge is 0.460 e. The van der Waals surface area contributed by atoms with Crippen LogP contribution in [0.1, 0.15) is 48.0 Å². The molecular weight excluding hydrogens is 272 g/mol. The van der Waals surface area contributed by atoms with E-state index in [9.17, 15) is 4.79 Å². The Morgan fingerprint density at radius 2 is 1.67 bits per heavy atom. The minimum atomic E-state index is -0.444. The highest BCUT2D eigenvalue weighted by Crippen LogP contribution is 2.07. The van der Waals surface area contributed by atoms with Crippen LogP contribution >= 0.6 is 0 Å². The molecule has 0 aliphatic rings. The number of nitrogens with one attached hydrogen (secondary N) is 1. The van der Waals surface area contributed by atoms with Gasteiger partial charge in [-0.2, -0.15) is 5.10 Å². The lowest BCUT2D eigenvalue weighted by atomic mass is 10.1. The van der Waals surface area contributed by atoms with Gasteiger partial charge < -0.3 is 19.6 Å². The maximum atomic E-state index is 11.4. The fourth-order valence-electron chi connectivity index (χ4n) is 1.18. The quantitative estimate of drug-likeness (QED) is 0.306. The summed E-state index contributed by atoms with van der Waals surface area (Å²) in [5.74, 6) is -0.246. The van der Waals surface area contributed by atoms with Gasteiger partial charge in [-0.25, -0.2) is 0 Å². The molecule has 0 spiro atoms. The van der Waals surface area contributed by atoms with Gasteiger partial charge in [-0.3, -0.25) is 4.79 Å². The average Bonchev–Trinajstić information content (AvgIpc) is 2.27. The normalized spacial score (nSPS) is 12.7. The molecule has 0 bridgehead atoms. The van der Waals surface area contributed by atoms with Crippen LogP contribution in [0.3, 0.4) is 0 Å². The van der Waals surface area contributed by atoms with E-state index in [1.165, 1.54) is 0 Å². The summed E-state index contributed by atoms with van der Waals surface area (Å²) in [6.07, 6.45) is 1.93.